The fourth-order valence-corrected chi connectivity index (χ4v) is 5.34. The van der Waals surface area contributed by atoms with Crippen LogP contribution >= 0.6 is 0 Å². The minimum Gasteiger partial charge on any atom is -0.349 e. The van der Waals surface area contributed by atoms with Crippen LogP contribution < -0.4 is 5.32 Å². The molecule has 0 aliphatic heterocycles. The smallest absolute Gasteiger partial charge is 0.273 e. The molecule has 4 saturated carbocycles. The monoisotopic (exact) mass is 314 g/mol. The van der Waals surface area contributed by atoms with Crippen LogP contribution in [-0.2, 0) is 0 Å². The quantitative estimate of drug-likeness (QED) is 0.686. The molecule has 0 unspecified atom stereocenters. The lowest BCUT2D eigenvalue weighted by molar-refractivity contribution is -0.385. The summed E-state index contributed by atoms with van der Waals surface area (Å²) in [7, 11) is 0. The van der Waals surface area contributed by atoms with Crippen molar-refractivity contribution >= 4 is 11.6 Å². The molecule has 0 aromatic heterocycles. The van der Waals surface area contributed by atoms with Gasteiger partial charge in [-0.15, -0.1) is 0 Å². The van der Waals surface area contributed by atoms with E-state index in [1.54, 1.807) is 19.1 Å². The first kappa shape index (κ1) is 14.7. The minimum atomic E-state index is -0.422. The van der Waals surface area contributed by atoms with Gasteiger partial charge < -0.3 is 5.32 Å². The van der Waals surface area contributed by atoms with E-state index in [-0.39, 0.29) is 17.6 Å². The Bertz CT molecular complexity index is 642. The van der Waals surface area contributed by atoms with Crippen LogP contribution in [0.1, 0.15) is 48.0 Å². The first-order chi connectivity index (χ1) is 11.0. The first-order valence-corrected chi connectivity index (χ1v) is 8.57. The number of carbonyl (C=O) groups is 1. The summed E-state index contributed by atoms with van der Waals surface area (Å²) in [4.78, 5) is 23.2. The Morgan fingerprint density at radius 1 is 1.13 bits per heavy atom. The molecule has 0 radical (unpaired) electrons. The van der Waals surface area contributed by atoms with Crippen molar-refractivity contribution in [3.05, 3.63) is 39.4 Å². The highest BCUT2D eigenvalue weighted by atomic mass is 16.6. The van der Waals surface area contributed by atoms with Gasteiger partial charge in [-0.05, 0) is 68.8 Å². The third-order valence-electron chi connectivity index (χ3n) is 6.19. The molecule has 4 aliphatic carbocycles. The number of benzene rings is 1. The number of carbonyl (C=O) groups excluding carboxylic acids is 1. The van der Waals surface area contributed by atoms with Crippen LogP contribution in [0.5, 0.6) is 0 Å². The number of nitrogens with zero attached hydrogens (tertiary/aromatic N) is 1. The van der Waals surface area contributed by atoms with Crippen LogP contribution in [-0.4, -0.2) is 16.9 Å². The molecule has 4 aliphatic rings. The van der Waals surface area contributed by atoms with Gasteiger partial charge in [-0.3, -0.25) is 14.9 Å². The van der Waals surface area contributed by atoms with Gasteiger partial charge in [0, 0.05) is 23.2 Å². The topological polar surface area (TPSA) is 72.2 Å². The first-order valence-electron chi connectivity index (χ1n) is 8.57. The van der Waals surface area contributed by atoms with Gasteiger partial charge in [0.1, 0.15) is 0 Å². The Balaban J connectivity index is 1.52. The van der Waals surface area contributed by atoms with Crippen LogP contribution in [0.4, 0.5) is 5.69 Å². The number of nitro benzene ring substituents is 1. The average Bonchev–Trinajstić information content (AvgIpc) is 2.50. The lowest BCUT2D eigenvalue weighted by Gasteiger charge is -2.54. The Labute approximate surface area is 135 Å². The number of nitrogens with one attached hydrogen (secondary N) is 1. The highest BCUT2D eigenvalue weighted by molar-refractivity contribution is 5.95. The van der Waals surface area contributed by atoms with Crippen LogP contribution in [0.3, 0.4) is 0 Å². The van der Waals surface area contributed by atoms with Gasteiger partial charge in [-0.2, -0.15) is 0 Å². The predicted octanol–water partition coefficient (Wildman–Crippen LogP) is 3.46. The lowest BCUT2D eigenvalue weighted by Crippen LogP contribution is -2.55. The maximum atomic E-state index is 12.6. The highest BCUT2D eigenvalue weighted by Gasteiger charge is 2.48. The summed E-state index contributed by atoms with van der Waals surface area (Å²) < 4.78 is 0. The van der Waals surface area contributed by atoms with E-state index in [4.69, 9.17) is 0 Å². The Morgan fingerprint density at radius 2 is 1.74 bits per heavy atom. The third-order valence-corrected chi connectivity index (χ3v) is 6.19. The fraction of sp³-hybridized carbons (Fsp3) is 0.611. The summed E-state index contributed by atoms with van der Waals surface area (Å²) >= 11 is 0. The number of aryl methyl sites for hydroxylation is 1. The molecule has 0 heterocycles. The highest BCUT2D eigenvalue weighted by Crippen LogP contribution is 2.53. The van der Waals surface area contributed by atoms with Crippen molar-refractivity contribution in [2.45, 2.75) is 45.1 Å². The second-order valence-electron chi connectivity index (χ2n) is 7.69. The lowest BCUT2D eigenvalue weighted by atomic mass is 9.54. The van der Waals surface area contributed by atoms with Crippen molar-refractivity contribution in [1.82, 2.24) is 5.32 Å². The number of amides is 1. The Morgan fingerprint density at radius 3 is 2.30 bits per heavy atom. The molecule has 23 heavy (non-hydrogen) atoms. The Kier molecular flexibility index (Phi) is 3.39. The van der Waals surface area contributed by atoms with E-state index in [1.165, 1.54) is 38.2 Å². The van der Waals surface area contributed by atoms with Crippen molar-refractivity contribution in [3.8, 4) is 0 Å². The van der Waals surface area contributed by atoms with Crippen molar-refractivity contribution in [1.29, 1.82) is 0 Å². The molecular weight excluding hydrogens is 292 g/mol. The Hall–Kier alpha value is -1.91. The molecule has 122 valence electrons. The van der Waals surface area contributed by atoms with E-state index in [0.717, 1.165) is 11.8 Å². The predicted molar refractivity (Wildman–Crippen MR) is 86.1 cm³/mol. The van der Waals surface area contributed by atoms with Gasteiger partial charge in [-0.1, -0.05) is 6.07 Å². The second kappa shape index (κ2) is 5.32. The van der Waals surface area contributed by atoms with Crippen molar-refractivity contribution < 1.29 is 9.72 Å². The minimum absolute atomic E-state index is 0.0164. The molecule has 4 bridgehead atoms. The van der Waals surface area contributed by atoms with Crippen LogP contribution in [0.25, 0.3) is 0 Å². The maximum absolute atomic E-state index is 12.6. The average molecular weight is 314 g/mol. The van der Waals surface area contributed by atoms with Gasteiger partial charge in [-0.25, -0.2) is 0 Å². The third kappa shape index (κ3) is 2.52. The summed E-state index contributed by atoms with van der Waals surface area (Å²) in [5, 5.41) is 14.3. The summed E-state index contributed by atoms with van der Waals surface area (Å²) in [6.45, 7) is 1.69. The van der Waals surface area contributed by atoms with Crippen molar-refractivity contribution in [2.24, 2.45) is 23.7 Å². The number of rotatable bonds is 3. The molecule has 4 fully saturated rings. The standard InChI is InChI=1S/C18H22N2O3/c1-10-2-3-13(9-16(10)20(22)23)18(21)19-17-14-5-11-4-12(7-14)8-15(17)6-11/h2-3,9,11-12,14-15,17H,4-8H2,1H3,(H,19,21). The number of hydrogen-bond acceptors (Lipinski definition) is 3. The van der Waals surface area contributed by atoms with E-state index in [2.05, 4.69) is 5.32 Å². The van der Waals surface area contributed by atoms with E-state index >= 15 is 0 Å². The zero-order valence-corrected chi connectivity index (χ0v) is 13.3. The fourth-order valence-electron chi connectivity index (χ4n) is 5.34. The van der Waals surface area contributed by atoms with E-state index in [9.17, 15) is 14.9 Å². The van der Waals surface area contributed by atoms with Gasteiger partial charge in [0.2, 0.25) is 0 Å². The second-order valence-corrected chi connectivity index (χ2v) is 7.69. The maximum Gasteiger partial charge on any atom is 0.273 e. The van der Waals surface area contributed by atoms with Gasteiger partial charge >= 0.3 is 0 Å². The molecule has 1 amide bonds. The molecule has 0 atom stereocenters. The molecule has 1 aromatic rings. The molecule has 1 aromatic carbocycles. The molecule has 5 nitrogen and oxygen atoms in total. The molecule has 5 rings (SSSR count). The largest absolute Gasteiger partial charge is 0.349 e. The normalized spacial score (nSPS) is 34.4. The van der Waals surface area contributed by atoms with Gasteiger partial charge in [0.15, 0.2) is 0 Å². The molecule has 1 N–H and O–H groups in total. The van der Waals surface area contributed by atoms with Crippen LogP contribution in [0.2, 0.25) is 0 Å². The summed E-state index contributed by atoms with van der Waals surface area (Å²) in [5.74, 6) is 2.79. The SMILES string of the molecule is Cc1ccc(C(=O)NC2C3CC4CC(C3)CC2C4)cc1[N+](=O)[O-]. The summed E-state index contributed by atoms with van der Waals surface area (Å²) in [6.07, 6.45) is 6.35. The van der Waals surface area contributed by atoms with Crippen molar-refractivity contribution in [3.63, 3.8) is 0 Å². The van der Waals surface area contributed by atoms with Crippen LogP contribution in [0.15, 0.2) is 18.2 Å². The number of hydrogen-bond donors (Lipinski definition) is 1. The zero-order chi connectivity index (χ0) is 16.1. The number of nitro groups is 1. The zero-order valence-electron chi connectivity index (χ0n) is 13.3. The van der Waals surface area contributed by atoms with Gasteiger partial charge in [0.25, 0.3) is 11.6 Å². The van der Waals surface area contributed by atoms with E-state index in [0.29, 0.717) is 23.0 Å². The molecule has 5 heteroatoms. The summed E-state index contributed by atoms with van der Waals surface area (Å²) in [5.41, 5.74) is 1.00. The molecule has 0 spiro atoms. The summed E-state index contributed by atoms with van der Waals surface area (Å²) in [6, 6.07) is 5.01. The van der Waals surface area contributed by atoms with E-state index < -0.39 is 4.92 Å². The molecule has 0 saturated heterocycles. The molecular formula is C18H22N2O3. The van der Waals surface area contributed by atoms with Crippen LogP contribution in [0, 0.1) is 40.7 Å². The van der Waals surface area contributed by atoms with E-state index in [1.807, 2.05) is 0 Å². The van der Waals surface area contributed by atoms with Crippen molar-refractivity contribution in [2.75, 3.05) is 0 Å². The van der Waals surface area contributed by atoms with Gasteiger partial charge in [0.05, 0.1) is 4.92 Å².